The fourth-order valence-corrected chi connectivity index (χ4v) is 1.70. The van der Waals surface area contributed by atoms with Crippen molar-refractivity contribution in [2.45, 2.75) is 46.1 Å². The third kappa shape index (κ3) is 3.18. The van der Waals surface area contributed by atoms with Crippen LogP contribution in [0.1, 0.15) is 38.9 Å². The second-order valence-electron chi connectivity index (χ2n) is 4.33. The van der Waals surface area contributed by atoms with Crippen molar-refractivity contribution in [1.82, 2.24) is 9.55 Å². The Morgan fingerprint density at radius 1 is 1.59 bits per heavy atom. The molecule has 0 aromatic carbocycles. The van der Waals surface area contributed by atoms with Gasteiger partial charge in [0.2, 0.25) is 11.6 Å². The quantitative estimate of drug-likeness (QED) is 0.612. The van der Waals surface area contributed by atoms with Gasteiger partial charge in [-0.1, -0.05) is 19.8 Å². The molecule has 0 aliphatic heterocycles. The van der Waals surface area contributed by atoms with E-state index in [4.69, 9.17) is 0 Å². The van der Waals surface area contributed by atoms with E-state index in [0.29, 0.717) is 11.6 Å². The standard InChI is InChI=1S/C11H20N4O2/c1-5-6-7-8(2)12-10-11(15(16)17)13-9(3)14(10)4/h8,12H,5-7H2,1-4H3. The molecule has 6 nitrogen and oxygen atoms in total. The SMILES string of the molecule is CCCCC(C)Nc1c([N+](=O)[O-])nc(C)n1C. The number of imidazole rings is 1. The van der Waals surface area contributed by atoms with Crippen molar-refractivity contribution in [3.05, 3.63) is 15.9 Å². The average molecular weight is 240 g/mol. The maximum Gasteiger partial charge on any atom is 0.406 e. The topological polar surface area (TPSA) is 73.0 Å². The molecule has 0 aliphatic rings. The molecule has 0 amide bonds. The van der Waals surface area contributed by atoms with E-state index in [-0.39, 0.29) is 11.9 Å². The van der Waals surface area contributed by atoms with Crippen LogP contribution in [0.2, 0.25) is 0 Å². The molecule has 0 spiro atoms. The first-order valence-corrected chi connectivity index (χ1v) is 5.91. The first-order chi connectivity index (χ1) is 7.97. The third-order valence-corrected chi connectivity index (χ3v) is 2.85. The predicted octanol–water partition coefficient (Wildman–Crippen LogP) is 2.63. The van der Waals surface area contributed by atoms with E-state index in [2.05, 4.69) is 17.2 Å². The zero-order valence-corrected chi connectivity index (χ0v) is 10.9. The maximum absolute atomic E-state index is 10.9. The molecule has 1 aromatic heterocycles. The van der Waals surface area contributed by atoms with Crippen LogP contribution in [0.3, 0.4) is 0 Å². The molecular formula is C11H20N4O2. The number of hydrogen-bond donors (Lipinski definition) is 1. The molecule has 1 atom stereocenters. The van der Waals surface area contributed by atoms with Crippen LogP contribution in [0.5, 0.6) is 0 Å². The second-order valence-corrected chi connectivity index (χ2v) is 4.33. The van der Waals surface area contributed by atoms with Crippen LogP contribution in [-0.4, -0.2) is 20.5 Å². The van der Waals surface area contributed by atoms with E-state index < -0.39 is 4.92 Å². The minimum atomic E-state index is -0.443. The summed E-state index contributed by atoms with van der Waals surface area (Å²) in [5.41, 5.74) is 0. The van der Waals surface area contributed by atoms with Gasteiger partial charge in [-0.25, -0.2) is 0 Å². The number of nitrogens with zero attached hydrogens (tertiary/aromatic N) is 3. The largest absolute Gasteiger partial charge is 0.406 e. The van der Waals surface area contributed by atoms with Crippen LogP contribution < -0.4 is 5.32 Å². The molecule has 0 bridgehead atoms. The summed E-state index contributed by atoms with van der Waals surface area (Å²) >= 11 is 0. The molecule has 0 radical (unpaired) electrons. The zero-order chi connectivity index (χ0) is 13.0. The van der Waals surface area contributed by atoms with Gasteiger partial charge in [-0.2, -0.15) is 0 Å². The number of aromatic nitrogens is 2. The van der Waals surface area contributed by atoms with Gasteiger partial charge in [0.05, 0.1) is 0 Å². The van der Waals surface area contributed by atoms with E-state index in [9.17, 15) is 10.1 Å². The van der Waals surface area contributed by atoms with Crippen LogP contribution in [0.4, 0.5) is 11.6 Å². The van der Waals surface area contributed by atoms with Crippen LogP contribution in [0.15, 0.2) is 0 Å². The highest BCUT2D eigenvalue weighted by atomic mass is 16.6. The van der Waals surface area contributed by atoms with Crippen LogP contribution >= 0.6 is 0 Å². The number of nitro groups is 1. The highest BCUT2D eigenvalue weighted by Gasteiger charge is 2.24. The Kier molecular flexibility index (Phi) is 4.48. The summed E-state index contributed by atoms with van der Waals surface area (Å²) in [6, 6.07) is 0.212. The normalized spacial score (nSPS) is 12.5. The number of rotatable bonds is 6. The lowest BCUT2D eigenvalue weighted by molar-refractivity contribution is -0.388. The molecule has 1 aromatic rings. The van der Waals surface area contributed by atoms with E-state index >= 15 is 0 Å². The van der Waals surface area contributed by atoms with Crippen LogP contribution in [0.25, 0.3) is 0 Å². The van der Waals surface area contributed by atoms with Crippen molar-refractivity contribution in [1.29, 1.82) is 0 Å². The van der Waals surface area contributed by atoms with Gasteiger partial charge in [0.25, 0.3) is 0 Å². The molecule has 0 aliphatic carbocycles. The lowest BCUT2D eigenvalue weighted by atomic mass is 10.1. The molecule has 96 valence electrons. The lowest BCUT2D eigenvalue weighted by Crippen LogP contribution is -2.17. The number of nitrogens with one attached hydrogen (secondary N) is 1. The molecule has 0 saturated carbocycles. The van der Waals surface area contributed by atoms with Crippen molar-refractivity contribution >= 4 is 11.6 Å². The summed E-state index contributed by atoms with van der Waals surface area (Å²) in [4.78, 5) is 14.4. The average Bonchev–Trinajstić information content (AvgIpc) is 2.54. The maximum atomic E-state index is 10.9. The minimum absolute atomic E-state index is 0.0895. The molecule has 0 fully saturated rings. The fraction of sp³-hybridized carbons (Fsp3) is 0.727. The minimum Gasteiger partial charge on any atom is -0.362 e. The smallest absolute Gasteiger partial charge is 0.362 e. The fourth-order valence-electron chi connectivity index (χ4n) is 1.70. The molecule has 17 heavy (non-hydrogen) atoms. The molecule has 1 rings (SSSR count). The second kappa shape index (κ2) is 5.65. The predicted molar refractivity (Wildman–Crippen MR) is 67.2 cm³/mol. The monoisotopic (exact) mass is 240 g/mol. The van der Waals surface area contributed by atoms with Gasteiger partial charge in [-0.3, -0.25) is 4.57 Å². The van der Waals surface area contributed by atoms with Crippen molar-refractivity contribution in [3.8, 4) is 0 Å². The van der Waals surface area contributed by atoms with Gasteiger partial charge in [0, 0.05) is 20.0 Å². The van der Waals surface area contributed by atoms with Gasteiger partial charge in [0.1, 0.15) is 0 Å². The summed E-state index contributed by atoms with van der Waals surface area (Å²) in [7, 11) is 1.78. The Morgan fingerprint density at radius 2 is 2.24 bits per heavy atom. The third-order valence-electron chi connectivity index (χ3n) is 2.85. The Labute approximate surface area is 101 Å². The van der Waals surface area contributed by atoms with E-state index in [0.717, 1.165) is 19.3 Å². The first-order valence-electron chi connectivity index (χ1n) is 5.91. The van der Waals surface area contributed by atoms with Gasteiger partial charge >= 0.3 is 5.82 Å². The first kappa shape index (κ1) is 13.5. The summed E-state index contributed by atoms with van der Waals surface area (Å²) in [5.74, 6) is 1.05. The van der Waals surface area contributed by atoms with Crippen LogP contribution in [0, 0.1) is 17.0 Å². The van der Waals surface area contributed by atoms with Gasteiger partial charge in [-0.05, 0) is 23.3 Å². The van der Waals surface area contributed by atoms with E-state index in [1.807, 2.05) is 6.92 Å². The summed E-state index contributed by atoms with van der Waals surface area (Å²) in [5, 5.41) is 14.0. The zero-order valence-electron chi connectivity index (χ0n) is 10.9. The van der Waals surface area contributed by atoms with Gasteiger partial charge in [-0.15, -0.1) is 0 Å². The van der Waals surface area contributed by atoms with E-state index in [1.54, 1.807) is 18.5 Å². The Morgan fingerprint density at radius 3 is 2.76 bits per heavy atom. The van der Waals surface area contributed by atoms with Crippen molar-refractivity contribution in [2.24, 2.45) is 7.05 Å². The molecular weight excluding hydrogens is 220 g/mol. The Bertz CT molecular complexity index is 400. The van der Waals surface area contributed by atoms with Gasteiger partial charge < -0.3 is 15.4 Å². The van der Waals surface area contributed by atoms with Crippen LogP contribution in [-0.2, 0) is 7.05 Å². The van der Waals surface area contributed by atoms with Crippen molar-refractivity contribution < 1.29 is 4.92 Å². The Hall–Kier alpha value is -1.59. The lowest BCUT2D eigenvalue weighted by Gasteiger charge is -2.14. The van der Waals surface area contributed by atoms with Gasteiger partial charge in [0.15, 0.2) is 0 Å². The number of aryl methyl sites for hydroxylation is 1. The van der Waals surface area contributed by atoms with E-state index in [1.165, 1.54) is 0 Å². The molecule has 0 saturated heterocycles. The van der Waals surface area contributed by atoms with Crippen molar-refractivity contribution in [2.75, 3.05) is 5.32 Å². The van der Waals surface area contributed by atoms with Crippen molar-refractivity contribution in [3.63, 3.8) is 0 Å². The summed E-state index contributed by atoms with van der Waals surface area (Å²) in [6.07, 6.45) is 3.23. The summed E-state index contributed by atoms with van der Waals surface area (Å²) < 4.78 is 1.72. The molecule has 1 heterocycles. The molecule has 1 N–H and O–H groups in total. The number of anilines is 1. The highest BCUT2D eigenvalue weighted by molar-refractivity contribution is 5.53. The number of unbranched alkanes of at least 4 members (excludes halogenated alkanes) is 1. The Balaban J connectivity index is 2.85. The molecule has 1 unspecified atom stereocenters. The number of hydrogen-bond acceptors (Lipinski definition) is 4. The highest BCUT2D eigenvalue weighted by Crippen LogP contribution is 2.25. The molecule has 6 heteroatoms. The summed E-state index contributed by atoms with van der Waals surface area (Å²) in [6.45, 7) is 5.92.